The van der Waals surface area contributed by atoms with Gasteiger partial charge in [-0.1, -0.05) is 19.3 Å². The van der Waals surface area contributed by atoms with E-state index >= 15 is 0 Å². The zero-order valence-electron chi connectivity index (χ0n) is 15.4. The van der Waals surface area contributed by atoms with Gasteiger partial charge in [0.2, 0.25) is 0 Å². The lowest BCUT2D eigenvalue weighted by molar-refractivity contribution is -0.0244. The second-order valence-corrected chi connectivity index (χ2v) is 7.72. The number of hydrogen-bond donors (Lipinski definition) is 4. The van der Waals surface area contributed by atoms with Crippen LogP contribution < -0.4 is 5.32 Å². The summed E-state index contributed by atoms with van der Waals surface area (Å²) in [5.74, 6) is 1.14. The van der Waals surface area contributed by atoms with Crippen molar-refractivity contribution in [3.63, 3.8) is 0 Å². The molecule has 27 heavy (non-hydrogen) atoms. The molecule has 1 amide bonds. The van der Waals surface area contributed by atoms with Crippen molar-refractivity contribution in [2.45, 2.75) is 56.8 Å². The minimum absolute atomic E-state index is 0.0634. The maximum atomic E-state index is 12.5. The Balaban J connectivity index is 1.43. The summed E-state index contributed by atoms with van der Waals surface area (Å²) >= 11 is 0. The summed E-state index contributed by atoms with van der Waals surface area (Å²) in [6.45, 7) is 0.519. The monoisotopic (exact) mass is 373 g/mol. The molecule has 0 bridgehead atoms. The molecule has 2 aromatic rings. The van der Waals surface area contributed by atoms with Gasteiger partial charge in [0.15, 0.2) is 0 Å². The van der Waals surface area contributed by atoms with Gasteiger partial charge in [-0.3, -0.25) is 4.79 Å². The van der Waals surface area contributed by atoms with E-state index in [0.29, 0.717) is 23.7 Å². The van der Waals surface area contributed by atoms with E-state index in [9.17, 15) is 15.0 Å². The van der Waals surface area contributed by atoms with Crippen molar-refractivity contribution >= 4 is 16.9 Å². The molecule has 4 rings (SSSR count). The smallest absolute Gasteiger partial charge is 0.251 e. The molecule has 3 atom stereocenters. The van der Waals surface area contributed by atoms with Crippen molar-refractivity contribution in [2.75, 3.05) is 13.2 Å². The van der Waals surface area contributed by atoms with Crippen LogP contribution in [0, 0.1) is 5.92 Å². The summed E-state index contributed by atoms with van der Waals surface area (Å²) in [4.78, 5) is 20.2. The average molecular weight is 373 g/mol. The highest BCUT2D eigenvalue weighted by Crippen LogP contribution is 2.32. The Labute approximate surface area is 158 Å². The number of amides is 1. The first-order valence-electron chi connectivity index (χ1n) is 9.86. The normalized spacial score (nSPS) is 26.5. The fourth-order valence-corrected chi connectivity index (χ4v) is 4.12. The SMILES string of the molecule is O=C(NCC1CCCCC1)c1ccc2nc([C@H]3C[C@H](O)[C@@H](CO)O3)[nH]c2c1. The fourth-order valence-electron chi connectivity index (χ4n) is 4.12. The Morgan fingerprint density at radius 2 is 2.11 bits per heavy atom. The van der Waals surface area contributed by atoms with E-state index in [-0.39, 0.29) is 18.6 Å². The van der Waals surface area contributed by atoms with Crippen LogP contribution in [-0.4, -0.2) is 51.4 Å². The zero-order valence-corrected chi connectivity index (χ0v) is 15.4. The Morgan fingerprint density at radius 1 is 1.30 bits per heavy atom. The van der Waals surface area contributed by atoms with Crippen LogP contribution in [0.5, 0.6) is 0 Å². The van der Waals surface area contributed by atoms with Crippen LogP contribution in [0.1, 0.15) is 60.8 Å². The zero-order chi connectivity index (χ0) is 18.8. The maximum absolute atomic E-state index is 12.5. The van der Waals surface area contributed by atoms with Crippen molar-refractivity contribution in [3.8, 4) is 0 Å². The molecule has 1 aliphatic carbocycles. The molecular formula is C20H27N3O4. The van der Waals surface area contributed by atoms with E-state index in [1.807, 2.05) is 6.07 Å². The van der Waals surface area contributed by atoms with Crippen molar-refractivity contribution in [1.82, 2.24) is 15.3 Å². The van der Waals surface area contributed by atoms with E-state index in [2.05, 4.69) is 15.3 Å². The topological polar surface area (TPSA) is 107 Å². The van der Waals surface area contributed by atoms with Crippen molar-refractivity contribution in [3.05, 3.63) is 29.6 Å². The van der Waals surface area contributed by atoms with Crippen LogP contribution in [0.2, 0.25) is 0 Å². The minimum atomic E-state index is -0.700. The maximum Gasteiger partial charge on any atom is 0.251 e. The van der Waals surface area contributed by atoms with Crippen LogP contribution in [0.4, 0.5) is 0 Å². The van der Waals surface area contributed by atoms with Crippen molar-refractivity contribution in [1.29, 1.82) is 0 Å². The fraction of sp³-hybridized carbons (Fsp3) is 0.600. The predicted molar refractivity (Wildman–Crippen MR) is 100 cm³/mol. The number of nitrogens with zero attached hydrogens (tertiary/aromatic N) is 1. The molecule has 4 N–H and O–H groups in total. The summed E-state index contributed by atoms with van der Waals surface area (Å²) in [5.41, 5.74) is 2.12. The van der Waals surface area contributed by atoms with Gasteiger partial charge in [0.25, 0.3) is 5.91 Å². The van der Waals surface area contributed by atoms with Crippen LogP contribution in [0.25, 0.3) is 11.0 Å². The summed E-state index contributed by atoms with van der Waals surface area (Å²) in [5, 5.41) is 22.2. The average Bonchev–Trinajstić information content (AvgIpc) is 3.29. The molecule has 1 aromatic heterocycles. The van der Waals surface area contributed by atoms with Gasteiger partial charge < -0.3 is 25.3 Å². The lowest BCUT2D eigenvalue weighted by Gasteiger charge is -2.21. The summed E-state index contributed by atoms with van der Waals surface area (Å²) in [6.07, 6.45) is 4.96. The van der Waals surface area contributed by atoms with E-state index in [0.717, 1.165) is 17.6 Å². The van der Waals surface area contributed by atoms with Crippen LogP contribution >= 0.6 is 0 Å². The number of nitrogens with one attached hydrogen (secondary N) is 2. The Kier molecular flexibility index (Phi) is 5.43. The molecule has 0 unspecified atom stereocenters. The van der Waals surface area contributed by atoms with Gasteiger partial charge in [0.05, 0.1) is 23.7 Å². The van der Waals surface area contributed by atoms with Crippen molar-refractivity contribution in [2.24, 2.45) is 5.92 Å². The van der Waals surface area contributed by atoms with Crippen LogP contribution in [-0.2, 0) is 4.74 Å². The molecule has 1 aliphatic heterocycles. The van der Waals surface area contributed by atoms with Gasteiger partial charge in [0, 0.05) is 18.5 Å². The molecule has 2 heterocycles. The minimum Gasteiger partial charge on any atom is -0.394 e. The largest absolute Gasteiger partial charge is 0.394 e. The molecule has 0 spiro atoms. The highest BCUT2D eigenvalue weighted by Gasteiger charge is 2.35. The highest BCUT2D eigenvalue weighted by atomic mass is 16.5. The van der Waals surface area contributed by atoms with Gasteiger partial charge in [-0.05, 0) is 37.0 Å². The van der Waals surface area contributed by atoms with E-state index in [4.69, 9.17) is 4.74 Å². The molecule has 2 fully saturated rings. The summed E-state index contributed by atoms with van der Waals surface area (Å²) < 4.78 is 5.65. The van der Waals surface area contributed by atoms with Crippen LogP contribution in [0.3, 0.4) is 0 Å². The number of aliphatic hydroxyl groups excluding tert-OH is 2. The second kappa shape index (κ2) is 7.96. The number of H-pyrrole nitrogens is 1. The Morgan fingerprint density at radius 3 is 2.85 bits per heavy atom. The Hall–Kier alpha value is -1.96. The molecule has 2 aliphatic rings. The molecule has 7 heteroatoms. The number of rotatable bonds is 5. The highest BCUT2D eigenvalue weighted by molar-refractivity contribution is 5.97. The van der Waals surface area contributed by atoms with Gasteiger partial charge in [-0.15, -0.1) is 0 Å². The van der Waals surface area contributed by atoms with Crippen LogP contribution in [0.15, 0.2) is 18.2 Å². The van der Waals surface area contributed by atoms with E-state index in [1.165, 1.54) is 32.1 Å². The lowest BCUT2D eigenvalue weighted by Crippen LogP contribution is -2.30. The molecular weight excluding hydrogens is 346 g/mol. The predicted octanol–water partition coefficient (Wildman–Crippen LogP) is 2.06. The standard InChI is InChI=1S/C20H27N3O4/c24-11-18-16(25)9-17(27-18)19-22-14-7-6-13(8-15(14)23-19)20(26)21-10-12-4-2-1-3-5-12/h6-8,12,16-18,24-25H,1-5,9-11H2,(H,21,26)(H,22,23)/t16-,17+,18+/m0/s1. The second-order valence-electron chi connectivity index (χ2n) is 7.72. The number of aliphatic hydroxyl groups is 2. The van der Waals surface area contributed by atoms with Gasteiger partial charge in [-0.25, -0.2) is 4.98 Å². The van der Waals surface area contributed by atoms with Gasteiger partial charge in [-0.2, -0.15) is 0 Å². The third kappa shape index (κ3) is 4.00. The number of aromatic amines is 1. The molecule has 1 aromatic carbocycles. The number of benzene rings is 1. The van der Waals surface area contributed by atoms with Gasteiger partial charge in [0.1, 0.15) is 18.0 Å². The Bertz CT molecular complexity index is 800. The summed E-state index contributed by atoms with van der Waals surface area (Å²) in [6, 6.07) is 5.40. The number of imidazole rings is 1. The third-order valence-electron chi connectivity index (χ3n) is 5.75. The molecule has 0 radical (unpaired) electrons. The first-order chi connectivity index (χ1) is 13.1. The number of aromatic nitrogens is 2. The third-order valence-corrected chi connectivity index (χ3v) is 5.75. The molecule has 146 valence electrons. The van der Waals surface area contributed by atoms with Gasteiger partial charge >= 0.3 is 0 Å². The first kappa shape index (κ1) is 18.4. The number of ether oxygens (including phenoxy) is 1. The molecule has 1 saturated heterocycles. The number of hydrogen-bond acceptors (Lipinski definition) is 5. The first-order valence-corrected chi connectivity index (χ1v) is 9.86. The number of fused-ring (bicyclic) bond motifs is 1. The van der Waals surface area contributed by atoms with E-state index in [1.54, 1.807) is 12.1 Å². The summed E-state index contributed by atoms with van der Waals surface area (Å²) in [7, 11) is 0. The van der Waals surface area contributed by atoms with Crippen molar-refractivity contribution < 1.29 is 19.7 Å². The number of carbonyl (C=O) groups excluding carboxylic acids is 1. The number of carbonyl (C=O) groups is 1. The van der Waals surface area contributed by atoms with E-state index < -0.39 is 12.2 Å². The quantitative estimate of drug-likeness (QED) is 0.642. The molecule has 7 nitrogen and oxygen atoms in total. The lowest BCUT2D eigenvalue weighted by atomic mass is 9.89. The molecule has 1 saturated carbocycles.